The number of nitrogens with one attached hydrogen (secondary N) is 1. The monoisotopic (exact) mass is 213 g/mol. The first-order valence-corrected chi connectivity index (χ1v) is 5.66. The fourth-order valence-corrected chi connectivity index (χ4v) is 2.36. The van der Waals surface area contributed by atoms with E-state index in [1.807, 2.05) is 0 Å². The first kappa shape index (κ1) is 10.7. The fraction of sp³-hybridized carbons (Fsp3) is 0.900. The van der Waals surface area contributed by atoms with Crippen molar-refractivity contribution >= 4 is 6.09 Å². The first-order valence-electron chi connectivity index (χ1n) is 5.66. The van der Waals surface area contributed by atoms with Crippen LogP contribution in [0.1, 0.15) is 6.42 Å². The average molecular weight is 213 g/mol. The molecule has 0 bridgehead atoms. The summed E-state index contributed by atoms with van der Waals surface area (Å²) in [5.41, 5.74) is 0. The van der Waals surface area contributed by atoms with Crippen LogP contribution in [-0.2, 0) is 0 Å². The van der Waals surface area contributed by atoms with Crippen LogP contribution in [0.25, 0.3) is 0 Å². The highest BCUT2D eigenvalue weighted by molar-refractivity contribution is 5.65. The smallest absolute Gasteiger partial charge is 0.407 e. The molecule has 0 unspecified atom stereocenters. The maximum absolute atomic E-state index is 10.7. The molecular weight excluding hydrogens is 194 g/mol. The number of carbonyl (C=O) groups is 1. The molecule has 2 fully saturated rings. The van der Waals surface area contributed by atoms with E-state index in [0.717, 1.165) is 38.6 Å². The molecule has 2 aliphatic rings. The molecule has 2 aliphatic heterocycles. The Morgan fingerprint density at radius 2 is 2.07 bits per heavy atom. The van der Waals surface area contributed by atoms with E-state index in [2.05, 4.69) is 10.2 Å². The van der Waals surface area contributed by atoms with Crippen LogP contribution in [0.2, 0.25) is 0 Å². The van der Waals surface area contributed by atoms with Gasteiger partial charge in [0.15, 0.2) is 0 Å². The summed E-state index contributed by atoms with van der Waals surface area (Å²) in [5, 5.41) is 12.2. The van der Waals surface area contributed by atoms with Gasteiger partial charge in [-0.15, -0.1) is 0 Å². The second-order valence-electron chi connectivity index (χ2n) is 4.43. The lowest BCUT2D eigenvalue weighted by Crippen LogP contribution is -2.49. The Labute approximate surface area is 90.0 Å². The van der Waals surface area contributed by atoms with Crippen molar-refractivity contribution in [2.75, 3.05) is 45.8 Å². The van der Waals surface area contributed by atoms with Crippen molar-refractivity contribution < 1.29 is 9.90 Å². The van der Waals surface area contributed by atoms with Crippen LogP contribution in [0, 0.1) is 5.92 Å². The maximum atomic E-state index is 10.7. The zero-order chi connectivity index (χ0) is 10.7. The Hall–Kier alpha value is -0.810. The van der Waals surface area contributed by atoms with Crippen LogP contribution in [0.3, 0.4) is 0 Å². The average Bonchev–Trinajstić information content (AvgIpc) is 2.71. The second-order valence-corrected chi connectivity index (χ2v) is 4.43. The standard InChI is InChI=1S/C10H19N3O2/c14-10(15)13-5-3-12(4-6-13)8-9-1-2-11-7-9/h9,11H,1-8H2,(H,14,15)/t9-/m0/s1. The molecule has 86 valence electrons. The van der Waals surface area contributed by atoms with Crippen molar-refractivity contribution in [3.8, 4) is 0 Å². The summed E-state index contributed by atoms with van der Waals surface area (Å²) in [7, 11) is 0. The zero-order valence-electron chi connectivity index (χ0n) is 8.98. The van der Waals surface area contributed by atoms with Gasteiger partial charge in [0, 0.05) is 32.7 Å². The Morgan fingerprint density at radius 3 is 2.60 bits per heavy atom. The third-order valence-electron chi connectivity index (χ3n) is 3.32. The summed E-state index contributed by atoms with van der Waals surface area (Å²) in [6.07, 6.45) is 0.483. The lowest BCUT2D eigenvalue weighted by molar-refractivity contribution is 0.0995. The van der Waals surface area contributed by atoms with E-state index in [0.29, 0.717) is 13.1 Å². The molecule has 0 saturated carbocycles. The molecule has 0 spiro atoms. The van der Waals surface area contributed by atoms with Gasteiger partial charge >= 0.3 is 6.09 Å². The molecule has 5 nitrogen and oxygen atoms in total. The van der Waals surface area contributed by atoms with Gasteiger partial charge in [0.1, 0.15) is 0 Å². The van der Waals surface area contributed by atoms with Gasteiger partial charge in [-0.2, -0.15) is 0 Å². The highest BCUT2D eigenvalue weighted by Gasteiger charge is 2.23. The summed E-state index contributed by atoms with van der Waals surface area (Å²) in [4.78, 5) is 14.6. The zero-order valence-corrected chi connectivity index (χ0v) is 8.98. The number of piperazine rings is 1. The Balaban J connectivity index is 1.71. The van der Waals surface area contributed by atoms with E-state index in [4.69, 9.17) is 5.11 Å². The number of carboxylic acid groups (broad SMARTS) is 1. The molecule has 0 aromatic carbocycles. The second kappa shape index (κ2) is 4.81. The Kier molecular flexibility index (Phi) is 3.43. The lowest BCUT2D eigenvalue weighted by Gasteiger charge is -2.34. The third kappa shape index (κ3) is 2.82. The predicted molar refractivity (Wildman–Crippen MR) is 57.0 cm³/mol. The summed E-state index contributed by atoms with van der Waals surface area (Å²) >= 11 is 0. The molecular formula is C10H19N3O2. The van der Waals surface area contributed by atoms with Gasteiger partial charge in [0.25, 0.3) is 0 Å². The fourth-order valence-electron chi connectivity index (χ4n) is 2.36. The normalized spacial score (nSPS) is 28.3. The van der Waals surface area contributed by atoms with Crippen LogP contribution >= 0.6 is 0 Å². The van der Waals surface area contributed by atoms with Crippen molar-refractivity contribution in [3.05, 3.63) is 0 Å². The summed E-state index contributed by atoms with van der Waals surface area (Å²) in [5.74, 6) is 0.765. The Morgan fingerprint density at radius 1 is 1.33 bits per heavy atom. The molecule has 2 heterocycles. The lowest BCUT2D eigenvalue weighted by atomic mass is 10.1. The first-order chi connectivity index (χ1) is 7.25. The van der Waals surface area contributed by atoms with E-state index in [1.165, 1.54) is 11.3 Å². The summed E-state index contributed by atoms with van der Waals surface area (Å²) < 4.78 is 0. The highest BCUT2D eigenvalue weighted by Crippen LogP contribution is 2.11. The largest absolute Gasteiger partial charge is 0.465 e. The van der Waals surface area contributed by atoms with Gasteiger partial charge in [-0.1, -0.05) is 0 Å². The van der Waals surface area contributed by atoms with Crippen LogP contribution in [0.15, 0.2) is 0 Å². The van der Waals surface area contributed by atoms with E-state index < -0.39 is 6.09 Å². The van der Waals surface area contributed by atoms with Crippen LogP contribution in [0.5, 0.6) is 0 Å². The molecule has 1 atom stereocenters. The van der Waals surface area contributed by atoms with Crippen molar-refractivity contribution in [1.29, 1.82) is 0 Å². The minimum absolute atomic E-state index is 0.662. The number of nitrogens with zero attached hydrogens (tertiary/aromatic N) is 2. The molecule has 2 rings (SSSR count). The molecule has 0 aromatic heterocycles. The van der Waals surface area contributed by atoms with Gasteiger partial charge in [-0.05, 0) is 25.4 Å². The van der Waals surface area contributed by atoms with E-state index >= 15 is 0 Å². The van der Waals surface area contributed by atoms with Crippen LogP contribution in [-0.4, -0.2) is 66.8 Å². The molecule has 15 heavy (non-hydrogen) atoms. The van der Waals surface area contributed by atoms with E-state index in [-0.39, 0.29) is 0 Å². The molecule has 1 amide bonds. The minimum Gasteiger partial charge on any atom is -0.465 e. The van der Waals surface area contributed by atoms with Gasteiger partial charge in [-0.3, -0.25) is 4.90 Å². The number of amides is 1. The van der Waals surface area contributed by atoms with Gasteiger partial charge < -0.3 is 15.3 Å². The third-order valence-corrected chi connectivity index (χ3v) is 3.32. The summed E-state index contributed by atoms with van der Waals surface area (Å²) in [6.45, 7) is 6.50. The number of hydrogen-bond acceptors (Lipinski definition) is 3. The van der Waals surface area contributed by atoms with E-state index in [1.54, 1.807) is 0 Å². The molecule has 5 heteroatoms. The molecule has 2 N–H and O–H groups in total. The number of rotatable bonds is 2. The van der Waals surface area contributed by atoms with Crippen molar-refractivity contribution in [2.24, 2.45) is 5.92 Å². The van der Waals surface area contributed by atoms with Gasteiger partial charge in [-0.25, -0.2) is 4.79 Å². The van der Waals surface area contributed by atoms with Crippen molar-refractivity contribution in [3.63, 3.8) is 0 Å². The molecule has 2 saturated heterocycles. The van der Waals surface area contributed by atoms with Crippen LogP contribution in [0.4, 0.5) is 4.79 Å². The summed E-state index contributed by atoms with van der Waals surface area (Å²) in [6, 6.07) is 0. The van der Waals surface area contributed by atoms with E-state index in [9.17, 15) is 4.79 Å². The minimum atomic E-state index is -0.780. The molecule has 0 radical (unpaired) electrons. The predicted octanol–water partition coefficient (Wildman–Crippen LogP) is -0.108. The van der Waals surface area contributed by atoms with Crippen LogP contribution < -0.4 is 5.32 Å². The van der Waals surface area contributed by atoms with Gasteiger partial charge in [0.2, 0.25) is 0 Å². The quantitative estimate of drug-likeness (QED) is 0.672. The van der Waals surface area contributed by atoms with Crippen molar-refractivity contribution in [2.45, 2.75) is 6.42 Å². The molecule has 0 aromatic rings. The number of hydrogen-bond donors (Lipinski definition) is 2. The van der Waals surface area contributed by atoms with Crippen molar-refractivity contribution in [1.82, 2.24) is 15.1 Å². The Bertz CT molecular complexity index is 221. The highest BCUT2D eigenvalue weighted by atomic mass is 16.4. The topological polar surface area (TPSA) is 55.8 Å². The maximum Gasteiger partial charge on any atom is 0.407 e. The molecule has 0 aliphatic carbocycles. The SMILES string of the molecule is O=C(O)N1CCN(C[C@H]2CCNC2)CC1. The van der Waals surface area contributed by atoms with Gasteiger partial charge in [0.05, 0.1) is 0 Å².